The normalized spacial score (nSPS) is 19.8. The molecular weight excluding hydrogens is 264 g/mol. The first-order valence-electron chi connectivity index (χ1n) is 6.35. The molecular formula is C12H18N4O4. The smallest absolute Gasteiger partial charge is 0.323 e. The van der Waals surface area contributed by atoms with Gasteiger partial charge in [-0.25, -0.2) is 0 Å². The summed E-state index contributed by atoms with van der Waals surface area (Å²) in [5, 5.41) is 18.6. The fraction of sp³-hybridized carbons (Fsp3) is 0.583. The maximum Gasteiger partial charge on any atom is 0.323 e. The van der Waals surface area contributed by atoms with E-state index in [1.54, 1.807) is 11.8 Å². The molecule has 0 aliphatic carbocycles. The van der Waals surface area contributed by atoms with Crippen molar-refractivity contribution in [3.05, 3.63) is 11.4 Å². The second kappa shape index (κ2) is 6.02. The number of hydrogen-bond donors (Lipinski definition) is 3. The Morgan fingerprint density at radius 2 is 2.30 bits per heavy atom. The van der Waals surface area contributed by atoms with E-state index in [0.717, 1.165) is 5.69 Å². The number of morpholine rings is 1. The number of hydrogen-bond acceptors (Lipinski definition) is 5. The highest BCUT2D eigenvalue weighted by molar-refractivity contribution is 5.93. The number of nitrogens with zero attached hydrogens (tertiary/aromatic N) is 2. The maximum atomic E-state index is 12.0. The summed E-state index contributed by atoms with van der Waals surface area (Å²) in [5.41, 5.74) is 2.12. The molecule has 1 fully saturated rings. The molecule has 1 saturated heterocycles. The Hall–Kier alpha value is -1.93. The van der Waals surface area contributed by atoms with Crippen molar-refractivity contribution in [1.29, 1.82) is 0 Å². The number of ether oxygens (including phenoxy) is 1. The predicted octanol–water partition coefficient (Wildman–Crippen LogP) is -0.250. The molecule has 0 bridgehead atoms. The van der Waals surface area contributed by atoms with Crippen molar-refractivity contribution in [3.8, 4) is 0 Å². The number of H-pyrrole nitrogens is 1. The predicted molar refractivity (Wildman–Crippen MR) is 70.5 cm³/mol. The number of aryl methyl sites for hydroxylation is 2. The molecule has 20 heavy (non-hydrogen) atoms. The van der Waals surface area contributed by atoms with E-state index < -0.39 is 12.0 Å². The quantitative estimate of drug-likeness (QED) is 0.703. The summed E-state index contributed by atoms with van der Waals surface area (Å²) in [5.74, 6) is -1.24. The Morgan fingerprint density at radius 3 is 2.90 bits per heavy atom. The summed E-state index contributed by atoms with van der Waals surface area (Å²) in [6.07, 6.45) is 0. The van der Waals surface area contributed by atoms with Crippen molar-refractivity contribution < 1.29 is 19.4 Å². The molecule has 3 N–H and O–H groups in total. The van der Waals surface area contributed by atoms with Crippen LogP contribution >= 0.6 is 0 Å². The molecule has 0 spiro atoms. The van der Waals surface area contributed by atoms with E-state index >= 15 is 0 Å². The number of aromatic nitrogens is 2. The molecule has 8 heteroatoms. The summed E-state index contributed by atoms with van der Waals surface area (Å²) in [6, 6.07) is -0.777. The van der Waals surface area contributed by atoms with E-state index in [9.17, 15) is 9.59 Å². The number of anilines is 1. The largest absolute Gasteiger partial charge is 0.480 e. The molecule has 8 nitrogen and oxygen atoms in total. The summed E-state index contributed by atoms with van der Waals surface area (Å²) in [4.78, 5) is 24.7. The van der Waals surface area contributed by atoms with Crippen LogP contribution in [0.2, 0.25) is 0 Å². The molecule has 1 aliphatic rings. The Labute approximate surface area is 116 Å². The first kappa shape index (κ1) is 14.5. The van der Waals surface area contributed by atoms with E-state index in [-0.39, 0.29) is 19.1 Å². The lowest BCUT2D eigenvalue weighted by Gasteiger charge is -2.32. The number of aliphatic carboxylic acids is 1. The highest BCUT2D eigenvalue weighted by Crippen LogP contribution is 2.16. The van der Waals surface area contributed by atoms with Gasteiger partial charge in [0.25, 0.3) is 0 Å². The molecule has 0 radical (unpaired) electrons. The number of amides is 1. The third-order valence-electron chi connectivity index (χ3n) is 3.26. The van der Waals surface area contributed by atoms with Crippen molar-refractivity contribution in [2.75, 3.05) is 31.6 Å². The Kier molecular flexibility index (Phi) is 4.35. The average Bonchev–Trinajstić information content (AvgIpc) is 2.71. The van der Waals surface area contributed by atoms with Crippen LogP contribution in [0.15, 0.2) is 0 Å². The summed E-state index contributed by atoms with van der Waals surface area (Å²) in [7, 11) is 0. The highest BCUT2D eigenvalue weighted by Gasteiger charge is 2.30. The number of carboxylic acid groups (broad SMARTS) is 1. The number of rotatable bonds is 4. The van der Waals surface area contributed by atoms with E-state index in [4.69, 9.17) is 9.84 Å². The van der Waals surface area contributed by atoms with Gasteiger partial charge in [0.15, 0.2) is 0 Å². The molecule has 1 aliphatic heterocycles. The molecule has 0 saturated carbocycles. The minimum absolute atomic E-state index is 0.0182. The van der Waals surface area contributed by atoms with Crippen LogP contribution in [0.1, 0.15) is 11.4 Å². The zero-order chi connectivity index (χ0) is 14.7. The molecule has 1 atom stereocenters. The van der Waals surface area contributed by atoms with Gasteiger partial charge in [-0.1, -0.05) is 0 Å². The van der Waals surface area contributed by atoms with E-state index in [1.165, 1.54) is 0 Å². The van der Waals surface area contributed by atoms with Crippen molar-refractivity contribution in [3.63, 3.8) is 0 Å². The third kappa shape index (κ3) is 3.14. The molecule has 1 aromatic heterocycles. The van der Waals surface area contributed by atoms with Gasteiger partial charge in [0.05, 0.1) is 36.8 Å². The van der Waals surface area contributed by atoms with Crippen LogP contribution in [-0.2, 0) is 14.3 Å². The molecule has 2 rings (SSSR count). The van der Waals surface area contributed by atoms with Crippen molar-refractivity contribution in [2.45, 2.75) is 19.9 Å². The molecule has 1 amide bonds. The highest BCUT2D eigenvalue weighted by atomic mass is 16.5. The van der Waals surface area contributed by atoms with Crippen LogP contribution in [0.4, 0.5) is 5.69 Å². The number of carbonyl (C=O) groups excluding carboxylic acids is 1. The molecule has 1 unspecified atom stereocenters. The van der Waals surface area contributed by atoms with Crippen molar-refractivity contribution in [1.82, 2.24) is 15.1 Å². The van der Waals surface area contributed by atoms with Crippen LogP contribution < -0.4 is 5.32 Å². The zero-order valence-electron chi connectivity index (χ0n) is 11.5. The van der Waals surface area contributed by atoms with E-state index in [1.807, 2.05) is 6.92 Å². The lowest BCUT2D eigenvalue weighted by atomic mass is 10.2. The number of aromatic amines is 1. The van der Waals surface area contributed by atoms with Crippen molar-refractivity contribution in [2.24, 2.45) is 0 Å². The van der Waals surface area contributed by atoms with E-state index in [0.29, 0.717) is 24.5 Å². The van der Waals surface area contributed by atoms with Gasteiger partial charge in [-0.05, 0) is 13.8 Å². The van der Waals surface area contributed by atoms with Crippen molar-refractivity contribution >= 4 is 17.6 Å². The fourth-order valence-electron chi connectivity index (χ4n) is 2.15. The standard InChI is InChI=1S/C12H18N4O4/c1-7-11(8(2)15-14-7)13-10(17)5-16-3-4-20-6-9(16)12(18)19/h9H,3-6H2,1-2H3,(H,13,17)(H,14,15)(H,18,19). The monoisotopic (exact) mass is 282 g/mol. The SMILES string of the molecule is Cc1n[nH]c(C)c1NC(=O)CN1CCOCC1C(=O)O. The fourth-order valence-corrected chi connectivity index (χ4v) is 2.15. The third-order valence-corrected chi connectivity index (χ3v) is 3.26. The van der Waals surface area contributed by atoms with Crippen LogP contribution in [0.5, 0.6) is 0 Å². The van der Waals surface area contributed by atoms with Crippen LogP contribution in [0, 0.1) is 13.8 Å². The zero-order valence-corrected chi connectivity index (χ0v) is 11.5. The van der Waals surface area contributed by atoms with Gasteiger partial charge in [-0.15, -0.1) is 0 Å². The summed E-state index contributed by atoms with van der Waals surface area (Å²) < 4.78 is 5.13. The van der Waals surface area contributed by atoms with Gasteiger partial charge in [0, 0.05) is 6.54 Å². The molecule has 2 heterocycles. The summed E-state index contributed by atoms with van der Waals surface area (Å²) >= 11 is 0. The van der Waals surface area contributed by atoms with E-state index in [2.05, 4.69) is 15.5 Å². The van der Waals surface area contributed by atoms with Crippen LogP contribution in [-0.4, -0.2) is 64.4 Å². The first-order chi connectivity index (χ1) is 9.49. The molecule has 0 aromatic carbocycles. The second-order valence-corrected chi connectivity index (χ2v) is 4.76. The minimum atomic E-state index is -0.979. The van der Waals surface area contributed by atoms with Gasteiger partial charge >= 0.3 is 5.97 Å². The number of carboxylic acids is 1. The Balaban J connectivity index is 1.98. The molecule has 110 valence electrons. The van der Waals surface area contributed by atoms with Crippen LogP contribution in [0.25, 0.3) is 0 Å². The van der Waals surface area contributed by atoms with Gasteiger partial charge < -0.3 is 15.2 Å². The Bertz CT molecular complexity index is 494. The summed E-state index contributed by atoms with van der Waals surface area (Å²) in [6.45, 7) is 4.57. The first-order valence-corrected chi connectivity index (χ1v) is 6.35. The topological polar surface area (TPSA) is 108 Å². The lowest BCUT2D eigenvalue weighted by molar-refractivity contribution is -0.150. The average molecular weight is 282 g/mol. The lowest BCUT2D eigenvalue weighted by Crippen LogP contribution is -2.52. The van der Waals surface area contributed by atoms with Gasteiger partial charge in [-0.3, -0.25) is 19.6 Å². The Morgan fingerprint density at radius 1 is 1.55 bits per heavy atom. The number of nitrogens with one attached hydrogen (secondary N) is 2. The maximum absolute atomic E-state index is 12.0. The second-order valence-electron chi connectivity index (χ2n) is 4.76. The van der Waals surface area contributed by atoms with Gasteiger partial charge in [0.2, 0.25) is 5.91 Å². The van der Waals surface area contributed by atoms with Gasteiger partial charge in [-0.2, -0.15) is 5.10 Å². The van der Waals surface area contributed by atoms with Gasteiger partial charge in [0.1, 0.15) is 6.04 Å². The number of carbonyl (C=O) groups is 2. The van der Waals surface area contributed by atoms with Crippen LogP contribution in [0.3, 0.4) is 0 Å². The minimum Gasteiger partial charge on any atom is -0.480 e. The molecule has 1 aromatic rings.